The zero-order chi connectivity index (χ0) is 11.4. The molecule has 0 saturated carbocycles. The molecule has 2 rings (SSSR count). The minimum atomic E-state index is 0.564. The molecule has 0 spiro atoms. The molecule has 0 aliphatic heterocycles. The van der Waals surface area contributed by atoms with Crippen LogP contribution >= 0.6 is 0 Å². The van der Waals surface area contributed by atoms with Gasteiger partial charge in [-0.15, -0.1) is 0 Å². The van der Waals surface area contributed by atoms with Gasteiger partial charge in [-0.3, -0.25) is 0 Å². The lowest BCUT2D eigenvalue weighted by molar-refractivity contribution is 0.828. The number of fused-ring (bicyclic) bond motifs is 1. The van der Waals surface area contributed by atoms with Gasteiger partial charge in [-0.2, -0.15) is 5.26 Å². The molecule has 0 atom stereocenters. The van der Waals surface area contributed by atoms with E-state index in [4.69, 9.17) is 11.0 Å². The Balaban J connectivity index is 2.31. The zero-order valence-corrected chi connectivity index (χ0v) is 8.98. The Labute approximate surface area is 94.5 Å². The fourth-order valence-corrected chi connectivity index (χ4v) is 1.76. The summed E-state index contributed by atoms with van der Waals surface area (Å²) in [5.74, 6) is 0.574. The number of unbranched alkanes of at least 4 members (excludes halogenated alkanes) is 1. The van der Waals surface area contributed by atoms with Crippen molar-refractivity contribution in [2.24, 2.45) is 0 Å². The molecular weight excluding hydrogens is 198 g/mol. The van der Waals surface area contributed by atoms with Crippen molar-refractivity contribution in [1.29, 1.82) is 5.26 Å². The fraction of sp³-hybridized carbons (Fsp3) is 0.231. The topological polar surface area (TPSA) is 62.7 Å². The quantitative estimate of drug-likeness (QED) is 0.794. The number of nitrogens with zero attached hydrogens (tertiary/aromatic N) is 2. The molecule has 3 heteroatoms. The van der Waals surface area contributed by atoms with Gasteiger partial charge in [0, 0.05) is 17.5 Å². The third kappa shape index (κ3) is 2.12. The number of hydrogen-bond donors (Lipinski definition) is 1. The second-order valence-corrected chi connectivity index (χ2v) is 3.73. The van der Waals surface area contributed by atoms with Crippen LogP contribution in [-0.4, -0.2) is 4.98 Å². The van der Waals surface area contributed by atoms with Crippen molar-refractivity contribution in [3.05, 3.63) is 36.0 Å². The molecule has 2 aromatic rings. The summed E-state index contributed by atoms with van der Waals surface area (Å²) >= 11 is 0. The van der Waals surface area contributed by atoms with Gasteiger partial charge in [-0.25, -0.2) is 4.98 Å². The van der Waals surface area contributed by atoms with E-state index >= 15 is 0 Å². The summed E-state index contributed by atoms with van der Waals surface area (Å²) in [5.41, 5.74) is 6.85. The number of aryl methyl sites for hydroxylation is 1. The third-order valence-corrected chi connectivity index (χ3v) is 2.54. The molecule has 0 saturated heterocycles. The fourth-order valence-electron chi connectivity index (χ4n) is 1.76. The summed E-state index contributed by atoms with van der Waals surface area (Å²) in [6.07, 6.45) is 2.21. The summed E-state index contributed by atoms with van der Waals surface area (Å²) in [6.45, 7) is 0. The Morgan fingerprint density at radius 3 is 2.94 bits per heavy atom. The Morgan fingerprint density at radius 1 is 1.31 bits per heavy atom. The van der Waals surface area contributed by atoms with Crippen LogP contribution < -0.4 is 5.73 Å². The van der Waals surface area contributed by atoms with Crippen LogP contribution in [-0.2, 0) is 6.42 Å². The average Bonchev–Trinajstić information content (AvgIpc) is 2.30. The van der Waals surface area contributed by atoms with Crippen LogP contribution in [0.25, 0.3) is 10.8 Å². The molecular formula is C13H13N3. The smallest absolute Gasteiger partial charge is 0.131 e. The highest BCUT2D eigenvalue weighted by atomic mass is 14.8. The van der Waals surface area contributed by atoms with Crippen molar-refractivity contribution >= 4 is 16.6 Å². The predicted molar refractivity (Wildman–Crippen MR) is 64.7 cm³/mol. The maximum Gasteiger partial charge on any atom is 0.131 e. The van der Waals surface area contributed by atoms with E-state index in [1.165, 1.54) is 0 Å². The van der Waals surface area contributed by atoms with Gasteiger partial charge < -0.3 is 5.73 Å². The number of anilines is 1. The molecule has 16 heavy (non-hydrogen) atoms. The molecule has 0 fully saturated rings. The highest BCUT2D eigenvalue weighted by Gasteiger charge is 2.02. The van der Waals surface area contributed by atoms with Crippen molar-refractivity contribution in [1.82, 2.24) is 4.98 Å². The Morgan fingerprint density at radius 2 is 2.12 bits per heavy atom. The van der Waals surface area contributed by atoms with Gasteiger partial charge in [0.05, 0.1) is 6.07 Å². The van der Waals surface area contributed by atoms with Gasteiger partial charge in [-0.1, -0.05) is 24.3 Å². The molecule has 0 amide bonds. The first-order chi connectivity index (χ1) is 7.81. The predicted octanol–water partition coefficient (Wildman–Crippen LogP) is 2.66. The molecule has 1 heterocycles. The van der Waals surface area contributed by atoms with Crippen molar-refractivity contribution in [2.75, 3.05) is 5.73 Å². The Bertz CT molecular complexity index is 540. The van der Waals surface area contributed by atoms with Crippen LogP contribution in [0.5, 0.6) is 0 Å². The van der Waals surface area contributed by atoms with Crippen LogP contribution in [0, 0.1) is 11.3 Å². The number of nitrogen functional groups attached to an aromatic ring is 1. The summed E-state index contributed by atoms with van der Waals surface area (Å²) in [7, 11) is 0. The molecule has 0 unspecified atom stereocenters. The number of rotatable bonds is 3. The van der Waals surface area contributed by atoms with E-state index in [-0.39, 0.29) is 0 Å². The lowest BCUT2D eigenvalue weighted by atomic mass is 10.1. The monoisotopic (exact) mass is 211 g/mol. The highest BCUT2D eigenvalue weighted by Crippen LogP contribution is 2.20. The van der Waals surface area contributed by atoms with Crippen molar-refractivity contribution in [3.8, 4) is 6.07 Å². The summed E-state index contributed by atoms with van der Waals surface area (Å²) in [6, 6.07) is 12.1. The van der Waals surface area contributed by atoms with Crippen LogP contribution in [0.3, 0.4) is 0 Å². The van der Waals surface area contributed by atoms with Gasteiger partial charge in [0.25, 0.3) is 0 Å². The Kier molecular flexibility index (Phi) is 3.02. The van der Waals surface area contributed by atoms with Gasteiger partial charge in [0.2, 0.25) is 0 Å². The van der Waals surface area contributed by atoms with Crippen LogP contribution in [0.15, 0.2) is 30.3 Å². The molecule has 1 aromatic carbocycles. The van der Waals surface area contributed by atoms with Crippen LogP contribution in [0.4, 0.5) is 5.82 Å². The zero-order valence-electron chi connectivity index (χ0n) is 8.98. The number of aromatic nitrogens is 1. The second-order valence-electron chi connectivity index (χ2n) is 3.73. The van der Waals surface area contributed by atoms with E-state index < -0.39 is 0 Å². The number of hydrogen-bond acceptors (Lipinski definition) is 3. The Hall–Kier alpha value is -2.08. The molecule has 3 nitrogen and oxygen atoms in total. The number of nitrogens with two attached hydrogens (primary N) is 1. The first-order valence-corrected chi connectivity index (χ1v) is 5.32. The minimum Gasteiger partial charge on any atom is -0.383 e. The maximum absolute atomic E-state index is 8.48. The van der Waals surface area contributed by atoms with Gasteiger partial charge >= 0.3 is 0 Å². The number of nitriles is 1. The van der Waals surface area contributed by atoms with E-state index in [2.05, 4.69) is 11.1 Å². The summed E-state index contributed by atoms with van der Waals surface area (Å²) in [4.78, 5) is 4.34. The molecule has 80 valence electrons. The SMILES string of the molecule is N#CCCCc1cc2ccccc2c(N)n1. The van der Waals surface area contributed by atoms with Crippen molar-refractivity contribution in [3.63, 3.8) is 0 Å². The average molecular weight is 211 g/mol. The van der Waals surface area contributed by atoms with E-state index in [1.807, 2.05) is 30.3 Å². The largest absolute Gasteiger partial charge is 0.383 e. The molecule has 1 aromatic heterocycles. The van der Waals surface area contributed by atoms with E-state index in [9.17, 15) is 0 Å². The van der Waals surface area contributed by atoms with E-state index in [0.29, 0.717) is 12.2 Å². The van der Waals surface area contributed by atoms with Crippen molar-refractivity contribution < 1.29 is 0 Å². The molecule has 0 aliphatic rings. The van der Waals surface area contributed by atoms with Crippen molar-refractivity contribution in [2.45, 2.75) is 19.3 Å². The first-order valence-electron chi connectivity index (χ1n) is 5.32. The van der Waals surface area contributed by atoms with E-state index in [1.54, 1.807) is 0 Å². The summed E-state index contributed by atoms with van der Waals surface area (Å²) < 4.78 is 0. The molecule has 0 bridgehead atoms. The van der Waals surface area contributed by atoms with Gasteiger partial charge in [0.15, 0.2) is 0 Å². The second kappa shape index (κ2) is 4.63. The third-order valence-electron chi connectivity index (χ3n) is 2.54. The molecule has 2 N–H and O–H groups in total. The number of benzene rings is 1. The van der Waals surface area contributed by atoms with Gasteiger partial charge in [-0.05, 0) is 24.3 Å². The first kappa shape index (κ1) is 10.4. The lowest BCUT2D eigenvalue weighted by Crippen LogP contribution is -1.97. The molecule has 0 aliphatic carbocycles. The van der Waals surface area contributed by atoms with Crippen LogP contribution in [0.1, 0.15) is 18.5 Å². The normalized spacial score (nSPS) is 10.2. The van der Waals surface area contributed by atoms with E-state index in [0.717, 1.165) is 29.3 Å². The van der Waals surface area contributed by atoms with Gasteiger partial charge in [0.1, 0.15) is 5.82 Å². The highest BCUT2D eigenvalue weighted by molar-refractivity contribution is 5.91. The maximum atomic E-state index is 8.48. The number of pyridine rings is 1. The summed E-state index contributed by atoms with van der Waals surface area (Å²) in [5, 5.41) is 10.6. The minimum absolute atomic E-state index is 0.564. The van der Waals surface area contributed by atoms with Crippen LogP contribution in [0.2, 0.25) is 0 Å². The molecule has 0 radical (unpaired) electrons. The lowest BCUT2D eigenvalue weighted by Gasteiger charge is -2.05. The standard InChI is InChI=1S/C13H13N3/c14-8-4-3-6-11-9-10-5-1-2-7-12(10)13(15)16-11/h1-2,5,7,9H,3-4,6H2,(H2,15,16).